The SMILES string of the molecule is C[C@@]12CC3CC(NC(=S)Nc4ccc(Cl)cc4Cl)(C1)C[C@@](C)(C3)C2. The van der Waals surface area contributed by atoms with E-state index in [1.165, 1.54) is 38.5 Å². The summed E-state index contributed by atoms with van der Waals surface area (Å²) < 4.78 is 0. The Morgan fingerprint density at radius 2 is 1.75 bits per heavy atom. The molecule has 2 N–H and O–H groups in total. The standard InChI is InChI=1S/C19H24Cl2N2S/c1-17-6-12-7-18(2,9-17)11-19(8-12,10-17)23-16(24)22-15-4-3-13(20)5-14(15)21/h3-5,12H,6-11H2,1-2H3,(H2,22,23,24)/t12?,17-,18-,19?/m0/s1. The van der Waals surface area contributed by atoms with E-state index in [4.69, 9.17) is 35.4 Å². The van der Waals surface area contributed by atoms with Gasteiger partial charge < -0.3 is 10.6 Å². The van der Waals surface area contributed by atoms with Gasteiger partial charge in [0.25, 0.3) is 0 Å². The van der Waals surface area contributed by atoms with Crippen LogP contribution in [0.15, 0.2) is 18.2 Å². The molecule has 0 saturated heterocycles. The molecule has 4 saturated carbocycles. The third-order valence-electron chi connectivity index (χ3n) is 6.18. The lowest BCUT2D eigenvalue weighted by Crippen LogP contribution is -2.65. The highest BCUT2D eigenvalue weighted by Gasteiger charge is 2.60. The highest BCUT2D eigenvalue weighted by Crippen LogP contribution is 2.66. The van der Waals surface area contributed by atoms with Gasteiger partial charge in [0.1, 0.15) is 0 Å². The van der Waals surface area contributed by atoms with Crippen LogP contribution in [0.4, 0.5) is 5.69 Å². The third-order valence-corrected chi connectivity index (χ3v) is 6.94. The Kier molecular flexibility index (Phi) is 3.87. The molecule has 130 valence electrons. The van der Waals surface area contributed by atoms with Gasteiger partial charge in [-0.3, -0.25) is 0 Å². The number of halogens is 2. The minimum atomic E-state index is 0.145. The van der Waals surface area contributed by atoms with Crippen molar-refractivity contribution in [2.45, 2.75) is 57.9 Å². The van der Waals surface area contributed by atoms with Crippen LogP contribution in [-0.4, -0.2) is 10.7 Å². The van der Waals surface area contributed by atoms with E-state index in [1.54, 1.807) is 6.07 Å². The first-order chi connectivity index (χ1) is 11.2. The van der Waals surface area contributed by atoms with Crippen LogP contribution < -0.4 is 10.6 Å². The number of nitrogens with one attached hydrogen (secondary N) is 2. The first-order valence-corrected chi connectivity index (χ1v) is 9.89. The summed E-state index contributed by atoms with van der Waals surface area (Å²) in [4.78, 5) is 0. The second-order valence-corrected chi connectivity index (χ2v) is 10.4. The van der Waals surface area contributed by atoms with Gasteiger partial charge in [-0.15, -0.1) is 0 Å². The molecule has 0 aliphatic heterocycles. The zero-order valence-electron chi connectivity index (χ0n) is 14.2. The second-order valence-electron chi connectivity index (χ2n) is 9.11. The fourth-order valence-corrected chi connectivity index (χ4v) is 7.35. The number of hydrogen-bond acceptors (Lipinski definition) is 1. The average Bonchev–Trinajstić information content (AvgIpc) is 2.37. The van der Waals surface area contributed by atoms with E-state index in [9.17, 15) is 0 Å². The first kappa shape index (κ1) is 16.9. The fourth-order valence-electron chi connectivity index (χ4n) is 6.57. The molecule has 4 bridgehead atoms. The highest BCUT2D eigenvalue weighted by molar-refractivity contribution is 7.80. The van der Waals surface area contributed by atoms with Gasteiger partial charge in [0, 0.05) is 10.6 Å². The topological polar surface area (TPSA) is 24.1 Å². The molecule has 5 heteroatoms. The normalized spacial score (nSPS) is 39.8. The molecule has 0 radical (unpaired) electrons. The summed E-state index contributed by atoms with van der Waals surface area (Å²) in [6, 6.07) is 5.44. The first-order valence-electron chi connectivity index (χ1n) is 8.73. The van der Waals surface area contributed by atoms with E-state index in [1.807, 2.05) is 12.1 Å². The predicted molar refractivity (Wildman–Crippen MR) is 106 cm³/mol. The summed E-state index contributed by atoms with van der Waals surface area (Å²) in [5.74, 6) is 0.839. The van der Waals surface area contributed by atoms with Crippen LogP contribution in [0, 0.1) is 16.7 Å². The van der Waals surface area contributed by atoms with Gasteiger partial charge in [-0.25, -0.2) is 0 Å². The lowest BCUT2D eigenvalue weighted by atomic mass is 9.43. The van der Waals surface area contributed by atoms with Crippen molar-refractivity contribution in [3.63, 3.8) is 0 Å². The summed E-state index contributed by atoms with van der Waals surface area (Å²) in [5.41, 5.74) is 1.88. The molecule has 0 spiro atoms. The van der Waals surface area contributed by atoms with Crippen LogP contribution >= 0.6 is 35.4 Å². The number of rotatable bonds is 2. The Hall–Kier alpha value is -0.510. The highest BCUT2D eigenvalue weighted by atomic mass is 35.5. The molecule has 2 nitrogen and oxygen atoms in total. The van der Waals surface area contributed by atoms with Crippen LogP contribution in [0.1, 0.15) is 52.4 Å². The minimum absolute atomic E-state index is 0.145. The van der Waals surface area contributed by atoms with Crippen molar-refractivity contribution in [2.24, 2.45) is 16.7 Å². The molecule has 4 aliphatic rings. The van der Waals surface area contributed by atoms with Crippen molar-refractivity contribution in [1.82, 2.24) is 5.32 Å². The zero-order valence-corrected chi connectivity index (χ0v) is 16.5. The second kappa shape index (κ2) is 5.49. The zero-order chi connectivity index (χ0) is 17.2. The molecule has 4 aliphatic carbocycles. The van der Waals surface area contributed by atoms with Crippen LogP contribution in [0.25, 0.3) is 0 Å². The smallest absolute Gasteiger partial charge is 0.171 e. The van der Waals surface area contributed by atoms with E-state index >= 15 is 0 Å². The molecule has 0 heterocycles. The molecular weight excluding hydrogens is 359 g/mol. The molecule has 0 amide bonds. The van der Waals surface area contributed by atoms with Crippen molar-refractivity contribution >= 4 is 46.2 Å². The number of thiocarbonyl (C=S) groups is 1. The molecule has 0 unspecified atom stereocenters. The van der Waals surface area contributed by atoms with Crippen molar-refractivity contribution in [2.75, 3.05) is 5.32 Å². The quantitative estimate of drug-likeness (QED) is 0.610. The monoisotopic (exact) mass is 382 g/mol. The average molecular weight is 383 g/mol. The molecular formula is C19H24Cl2N2S. The summed E-state index contributed by atoms with van der Waals surface area (Å²) in [6.07, 6.45) is 7.83. The van der Waals surface area contributed by atoms with Crippen molar-refractivity contribution in [3.8, 4) is 0 Å². The molecule has 4 fully saturated rings. The Bertz CT molecular complexity index is 687. The maximum atomic E-state index is 6.26. The lowest BCUT2D eigenvalue weighted by Gasteiger charge is -2.65. The maximum absolute atomic E-state index is 6.26. The van der Waals surface area contributed by atoms with Gasteiger partial charge in [-0.1, -0.05) is 37.0 Å². The van der Waals surface area contributed by atoms with E-state index in [2.05, 4.69) is 24.5 Å². The predicted octanol–water partition coefficient (Wildman–Crippen LogP) is 6.03. The van der Waals surface area contributed by atoms with Crippen LogP contribution in [0.3, 0.4) is 0 Å². The maximum Gasteiger partial charge on any atom is 0.171 e. The fraction of sp³-hybridized carbons (Fsp3) is 0.632. The molecule has 2 atom stereocenters. The van der Waals surface area contributed by atoms with Crippen LogP contribution in [-0.2, 0) is 0 Å². The largest absolute Gasteiger partial charge is 0.357 e. The van der Waals surface area contributed by atoms with E-state index < -0.39 is 0 Å². The lowest BCUT2D eigenvalue weighted by molar-refractivity contribution is -0.111. The van der Waals surface area contributed by atoms with E-state index in [-0.39, 0.29) is 5.54 Å². The summed E-state index contributed by atoms with van der Waals surface area (Å²) in [6.45, 7) is 4.94. The van der Waals surface area contributed by atoms with Gasteiger partial charge in [-0.2, -0.15) is 0 Å². The Morgan fingerprint density at radius 1 is 1.08 bits per heavy atom. The van der Waals surface area contributed by atoms with Crippen molar-refractivity contribution < 1.29 is 0 Å². The van der Waals surface area contributed by atoms with Gasteiger partial charge in [0.15, 0.2) is 5.11 Å². The molecule has 5 rings (SSSR count). The summed E-state index contributed by atoms with van der Waals surface area (Å²) in [7, 11) is 0. The van der Waals surface area contributed by atoms with Gasteiger partial charge in [-0.05, 0) is 85.7 Å². The van der Waals surface area contributed by atoms with Crippen LogP contribution in [0.2, 0.25) is 10.0 Å². The molecule has 0 aromatic heterocycles. The van der Waals surface area contributed by atoms with Crippen LogP contribution in [0.5, 0.6) is 0 Å². The molecule has 24 heavy (non-hydrogen) atoms. The number of benzene rings is 1. The third kappa shape index (κ3) is 3.04. The summed E-state index contributed by atoms with van der Waals surface area (Å²) in [5, 5.41) is 8.86. The number of hydrogen-bond donors (Lipinski definition) is 2. The van der Waals surface area contributed by atoms with Gasteiger partial charge in [0.05, 0.1) is 10.7 Å². The van der Waals surface area contributed by atoms with Crippen molar-refractivity contribution in [1.29, 1.82) is 0 Å². The van der Waals surface area contributed by atoms with E-state index in [0.717, 1.165) is 11.6 Å². The Labute approximate surface area is 159 Å². The molecule has 1 aromatic rings. The van der Waals surface area contributed by atoms with Crippen molar-refractivity contribution in [3.05, 3.63) is 28.2 Å². The Morgan fingerprint density at radius 3 is 2.33 bits per heavy atom. The molecule has 1 aromatic carbocycles. The Balaban J connectivity index is 1.51. The minimum Gasteiger partial charge on any atom is -0.357 e. The van der Waals surface area contributed by atoms with Gasteiger partial charge >= 0.3 is 0 Å². The number of anilines is 1. The summed E-state index contributed by atoms with van der Waals surface area (Å²) >= 11 is 17.9. The van der Waals surface area contributed by atoms with E-state index in [0.29, 0.717) is 26.0 Å². The van der Waals surface area contributed by atoms with Gasteiger partial charge in [0.2, 0.25) is 0 Å².